The number of nitrogen functional groups attached to an aromatic ring is 1. The number of sulfone groups is 1. The van der Waals surface area contributed by atoms with Gasteiger partial charge < -0.3 is 10.5 Å². The second-order valence-electron chi connectivity index (χ2n) is 4.28. The van der Waals surface area contributed by atoms with E-state index in [2.05, 4.69) is 0 Å². The van der Waals surface area contributed by atoms with Crippen LogP contribution in [0.1, 0.15) is 5.56 Å². The monoisotopic (exact) mass is 311 g/mol. The lowest BCUT2D eigenvalue weighted by Gasteiger charge is -2.09. The summed E-state index contributed by atoms with van der Waals surface area (Å²) in [5.41, 5.74) is 6.68. The van der Waals surface area contributed by atoms with E-state index in [0.717, 1.165) is 0 Å². The van der Waals surface area contributed by atoms with Gasteiger partial charge in [-0.05, 0) is 35.9 Å². The predicted molar refractivity (Wildman–Crippen MR) is 79.7 cm³/mol. The lowest BCUT2D eigenvalue weighted by molar-refractivity contribution is 0.413. The number of hydrogen-bond acceptors (Lipinski definition) is 4. The summed E-state index contributed by atoms with van der Waals surface area (Å²) in [5.74, 6) is 0.318. The Labute approximate surface area is 123 Å². The molecule has 106 valence electrons. The van der Waals surface area contributed by atoms with Gasteiger partial charge in [0.2, 0.25) is 0 Å². The highest BCUT2D eigenvalue weighted by molar-refractivity contribution is 7.90. The van der Waals surface area contributed by atoms with Crippen LogP contribution >= 0.6 is 11.6 Å². The van der Waals surface area contributed by atoms with Crippen molar-refractivity contribution in [2.45, 2.75) is 10.6 Å². The van der Waals surface area contributed by atoms with Crippen LogP contribution in [0.4, 0.5) is 5.69 Å². The molecular formula is C14H14ClNO3S. The average Bonchev–Trinajstić information content (AvgIpc) is 2.42. The molecule has 2 aromatic carbocycles. The number of ether oxygens (including phenoxy) is 1. The number of nitrogens with two attached hydrogens (primary N) is 1. The Morgan fingerprint density at radius 3 is 2.60 bits per heavy atom. The predicted octanol–water partition coefficient (Wildman–Crippen LogP) is 2.90. The first kappa shape index (κ1) is 14.7. The summed E-state index contributed by atoms with van der Waals surface area (Å²) < 4.78 is 29.8. The number of benzene rings is 2. The fourth-order valence-corrected chi connectivity index (χ4v) is 3.38. The maximum Gasteiger partial charge on any atom is 0.182 e. The van der Waals surface area contributed by atoms with Crippen LogP contribution in [0.2, 0.25) is 5.02 Å². The third-order valence-corrected chi connectivity index (χ3v) is 4.75. The van der Waals surface area contributed by atoms with Crippen molar-refractivity contribution in [2.75, 3.05) is 12.8 Å². The molecule has 0 aliphatic heterocycles. The van der Waals surface area contributed by atoms with Crippen molar-refractivity contribution in [2.24, 2.45) is 0 Å². The van der Waals surface area contributed by atoms with E-state index in [9.17, 15) is 8.42 Å². The molecule has 4 nitrogen and oxygen atoms in total. The van der Waals surface area contributed by atoms with Gasteiger partial charge >= 0.3 is 0 Å². The molecule has 0 amide bonds. The number of rotatable bonds is 4. The minimum atomic E-state index is -3.48. The summed E-state index contributed by atoms with van der Waals surface area (Å²) in [6.07, 6.45) is 0. The van der Waals surface area contributed by atoms with Crippen molar-refractivity contribution in [1.82, 2.24) is 0 Å². The molecule has 0 fully saturated rings. The lowest BCUT2D eigenvalue weighted by Crippen LogP contribution is -2.07. The summed E-state index contributed by atoms with van der Waals surface area (Å²) >= 11 is 5.80. The fraction of sp³-hybridized carbons (Fsp3) is 0.143. The zero-order valence-corrected chi connectivity index (χ0v) is 12.4. The molecule has 0 heterocycles. The summed E-state index contributed by atoms with van der Waals surface area (Å²) in [6, 6.07) is 11.1. The molecule has 0 radical (unpaired) electrons. The van der Waals surface area contributed by atoms with Gasteiger partial charge in [-0.25, -0.2) is 8.42 Å². The second kappa shape index (κ2) is 5.73. The van der Waals surface area contributed by atoms with Gasteiger partial charge in [0.25, 0.3) is 0 Å². The van der Waals surface area contributed by atoms with E-state index in [1.54, 1.807) is 24.3 Å². The minimum absolute atomic E-state index is 0.177. The van der Waals surface area contributed by atoms with Gasteiger partial charge in [-0.1, -0.05) is 23.7 Å². The van der Waals surface area contributed by atoms with Gasteiger partial charge in [-0.2, -0.15) is 0 Å². The third-order valence-electron chi connectivity index (χ3n) is 2.85. The summed E-state index contributed by atoms with van der Waals surface area (Å²) in [4.78, 5) is 0.200. The average molecular weight is 312 g/mol. The van der Waals surface area contributed by atoms with Crippen molar-refractivity contribution in [1.29, 1.82) is 0 Å². The van der Waals surface area contributed by atoms with E-state index < -0.39 is 9.84 Å². The smallest absolute Gasteiger partial charge is 0.182 e. The normalized spacial score (nSPS) is 11.3. The molecule has 0 aliphatic carbocycles. The lowest BCUT2D eigenvalue weighted by atomic mass is 10.2. The van der Waals surface area contributed by atoms with Crippen molar-refractivity contribution in [3.05, 3.63) is 53.1 Å². The van der Waals surface area contributed by atoms with Crippen LogP contribution in [0, 0.1) is 0 Å². The Morgan fingerprint density at radius 2 is 1.95 bits per heavy atom. The molecule has 0 unspecified atom stereocenters. The highest BCUT2D eigenvalue weighted by Gasteiger charge is 2.17. The zero-order valence-electron chi connectivity index (χ0n) is 10.8. The first-order valence-electron chi connectivity index (χ1n) is 5.83. The highest BCUT2D eigenvalue weighted by atomic mass is 35.5. The molecule has 2 aromatic rings. The number of halogens is 1. The molecule has 0 aliphatic rings. The second-order valence-corrected chi connectivity index (χ2v) is 6.71. The van der Waals surface area contributed by atoms with E-state index in [1.165, 1.54) is 25.3 Å². The van der Waals surface area contributed by atoms with Crippen molar-refractivity contribution >= 4 is 27.1 Å². The highest BCUT2D eigenvalue weighted by Crippen LogP contribution is 2.25. The van der Waals surface area contributed by atoms with Crippen LogP contribution in [-0.2, 0) is 15.6 Å². The van der Waals surface area contributed by atoms with Gasteiger partial charge in [0.15, 0.2) is 9.84 Å². The molecule has 0 atom stereocenters. The van der Waals surface area contributed by atoms with Crippen molar-refractivity contribution in [3.8, 4) is 5.75 Å². The molecule has 0 bridgehead atoms. The Kier molecular flexibility index (Phi) is 4.20. The molecule has 0 spiro atoms. The van der Waals surface area contributed by atoms with Gasteiger partial charge in [0.05, 0.1) is 17.8 Å². The van der Waals surface area contributed by atoms with Crippen LogP contribution in [0.3, 0.4) is 0 Å². The van der Waals surface area contributed by atoms with E-state index in [-0.39, 0.29) is 10.6 Å². The summed E-state index contributed by atoms with van der Waals surface area (Å²) in [7, 11) is -2.00. The molecule has 6 heteroatoms. The van der Waals surface area contributed by atoms with Crippen LogP contribution in [0.15, 0.2) is 47.4 Å². The van der Waals surface area contributed by atoms with Crippen LogP contribution < -0.4 is 10.5 Å². The first-order chi connectivity index (χ1) is 9.42. The summed E-state index contributed by atoms with van der Waals surface area (Å²) in [5, 5.41) is 0.477. The van der Waals surface area contributed by atoms with Crippen LogP contribution in [0.5, 0.6) is 5.75 Å². The Balaban J connectivity index is 2.35. The SMILES string of the molecule is COc1cccc(S(=O)(=O)Cc2ccc(Cl)cc2N)c1. The molecule has 2 N–H and O–H groups in total. The Hall–Kier alpha value is -1.72. The molecular weight excluding hydrogens is 298 g/mol. The van der Waals surface area contributed by atoms with Crippen LogP contribution in [0.25, 0.3) is 0 Å². The van der Waals surface area contributed by atoms with Crippen molar-refractivity contribution in [3.63, 3.8) is 0 Å². The van der Waals surface area contributed by atoms with Gasteiger partial charge in [-0.3, -0.25) is 0 Å². The molecule has 0 aromatic heterocycles. The Bertz CT molecular complexity index is 729. The van der Waals surface area contributed by atoms with E-state index >= 15 is 0 Å². The van der Waals surface area contributed by atoms with Gasteiger partial charge in [-0.15, -0.1) is 0 Å². The third kappa shape index (κ3) is 3.23. The van der Waals surface area contributed by atoms with E-state index in [1.807, 2.05) is 0 Å². The molecule has 2 rings (SSSR count). The number of hydrogen-bond donors (Lipinski definition) is 1. The van der Waals surface area contributed by atoms with Crippen LogP contribution in [-0.4, -0.2) is 15.5 Å². The molecule has 20 heavy (non-hydrogen) atoms. The topological polar surface area (TPSA) is 69.4 Å². The van der Waals surface area contributed by atoms with E-state index in [0.29, 0.717) is 22.0 Å². The van der Waals surface area contributed by atoms with Crippen molar-refractivity contribution < 1.29 is 13.2 Å². The maximum atomic E-state index is 12.4. The molecule has 0 saturated carbocycles. The number of methoxy groups -OCH3 is 1. The van der Waals surface area contributed by atoms with Gasteiger partial charge in [0, 0.05) is 10.7 Å². The van der Waals surface area contributed by atoms with E-state index in [4.69, 9.17) is 22.1 Å². The maximum absolute atomic E-state index is 12.4. The van der Waals surface area contributed by atoms with Gasteiger partial charge in [0.1, 0.15) is 5.75 Å². The standard InChI is InChI=1S/C14H14ClNO3S/c1-19-12-3-2-4-13(8-12)20(17,18)9-10-5-6-11(15)7-14(10)16/h2-8H,9,16H2,1H3. The number of anilines is 1. The summed E-state index contributed by atoms with van der Waals surface area (Å²) in [6.45, 7) is 0. The fourth-order valence-electron chi connectivity index (χ4n) is 1.78. The minimum Gasteiger partial charge on any atom is -0.497 e. The Morgan fingerprint density at radius 1 is 1.20 bits per heavy atom. The molecule has 0 saturated heterocycles. The first-order valence-corrected chi connectivity index (χ1v) is 7.86. The zero-order chi connectivity index (χ0) is 14.8. The largest absolute Gasteiger partial charge is 0.497 e. The quantitative estimate of drug-likeness (QED) is 0.881.